The van der Waals surface area contributed by atoms with Crippen LogP contribution in [-0.4, -0.2) is 22.7 Å². The van der Waals surface area contributed by atoms with Gasteiger partial charge in [-0.25, -0.2) is 0 Å². The highest BCUT2D eigenvalue weighted by molar-refractivity contribution is 8.01. The van der Waals surface area contributed by atoms with Crippen molar-refractivity contribution >= 4 is 29.6 Å². The van der Waals surface area contributed by atoms with Crippen LogP contribution in [0.1, 0.15) is 13.8 Å². The minimum Gasteiger partial charge on any atom is -0.302 e. The zero-order valence-corrected chi connectivity index (χ0v) is 7.21. The largest absolute Gasteiger partial charge is 0.302 e. The van der Waals surface area contributed by atoms with Crippen molar-refractivity contribution in [2.75, 3.05) is 5.88 Å². The third-order valence-corrected chi connectivity index (χ3v) is 2.44. The third-order valence-electron chi connectivity index (χ3n) is 0.751. The summed E-state index contributed by atoms with van der Waals surface area (Å²) in [7, 11) is 0. The quantitative estimate of drug-likeness (QED) is 0.469. The SMILES string of the molecule is CC(C)SC(C=O)CCl. The molecule has 3 heteroatoms. The van der Waals surface area contributed by atoms with Gasteiger partial charge < -0.3 is 4.79 Å². The molecule has 54 valence electrons. The summed E-state index contributed by atoms with van der Waals surface area (Å²) in [4.78, 5) is 10.2. The van der Waals surface area contributed by atoms with E-state index in [-0.39, 0.29) is 5.25 Å². The maximum atomic E-state index is 10.2. The predicted molar refractivity (Wildman–Crippen MR) is 43.3 cm³/mol. The number of aldehydes is 1. The topological polar surface area (TPSA) is 17.1 Å². The molecule has 0 N–H and O–H groups in total. The van der Waals surface area contributed by atoms with E-state index < -0.39 is 0 Å². The molecule has 0 amide bonds. The van der Waals surface area contributed by atoms with Crippen LogP contribution in [0.5, 0.6) is 0 Å². The summed E-state index contributed by atoms with van der Waals surface area (Å²) >= 11 is 7.06. The summed E-state index contributed by atoms with van der Waals surface area (Å²) in [5.74, 6) is 0.423. The Kier molecular flexibility index (Phi) is 5.30. The molecule has 0 spiro atoms. The van der Waals surface area contributed by atoms with Gasteiger partial charge in [0, 0.05) is 5.88 Å². The van der Waals surface area contributed by atoms with E-state index in [9.17, 15) is 4.79 Å². The molecule has 0 bridgehead atoms. The summed E-state index contributed by atoms with van der Waals surface area (Å²) in [6.07, 6.45) is 0.900. The number of thioether (sulfide) groups is 1. The van der Waals surface area contributed by atoms with Crippen LogP contribution in [0.3, 0.4) is 0 Å². The van der Waals surface area contributed by atoms with Crippen molar-refractivity contribution in [2.24, 2.45) is 0 Å². The van der Waals surface area contributed by atoms with Crippen molar-refractivity contribution < 1.29 is 4.79 Å². The Morgan fingerprint density at radius 1 is 1.67 bits per heavy atom. The number of rotatable bonds is 4. The molecule has 0 saturated heterocycles. The van der Waals surface area contributed by atoms with Crippen LogP contribution in [0, 0.1) is 0 Å². The van der Waals surface area contributed by atoms with Crippen LogP contribution in [-0.2, 0) is 4.79 Å². The molecule has 0 aromatic carbocycles. The fourth-order valence-corrected chi connectivity index (χ4v) is 1.58. The minimum atomic E-state index is -0.0216. The molecule has 0 aliphatic carbocycles. The van der Waals surface area contributed by atoms with E-state index >= 15 is 0 Å². The van der Waals surface area contributed by atoms with Gasteiger partial charge in [0.2, 0.25) is 0 Å². The highest BCUT2D eigenvalue weighted by atomic mass is 35.5. The van der Waals surface area contributed by atoms with E-state index in [1.165, 1.54) is 0 Å². The zero-order valence-electron chi connectivity index (χ0n) is 5.63. The first-order valence-electron chi connectivity index (χ1n) is 2.87. The van der Waals surface area contributed by atoms with Gasteiger partial charge in [0.05, 0.1) is 5.25 Å². The van der Waals surface area contributed by atoms with Crippen LogP contribution in [0.2, 0.25) is 0 Å². The van der Waals surface area contributed by atoms with E-state index in [1.807, 2.05) is 13.8 Å². The van der Waals surface area contributed by atoms with E-state index in [1.54, 1.807) is 11.8 Å². The summed E-state index contributed by atoms with van der Waals surface area (Å²) in [6.45, 7) is 4.10. The number of alkyl halides is 1. The second kappa shape index (κ2) is 5.12. The highest BCUT2D eigenvalue weighted by Gasteiger charge is 2.06. The van der Waals surface area contributed by atoms with Gasteiger partial charge in [-0.1, -0.05) is 13.8 Å². The molecule has 0 aliphatic heterocycles. The van der Waals surface area contributed by atoms with Gasteiger partial charge in [0.25, 0.3) is 0 Å². The van der Waals surface area contributed by atoms with Crippen molar-refractivity contribution in [3.05, 3.63) is 0 Å². The second-order valence-corrected chi connectivity index (χ2v) is 4.14. The Hall–Kier alpha value is 0.310. The Balaban J connectivity index is 3.42. The van der Waals surface area contributed by atoms with Crippen molar-refractivity contribution in [3.63, 3.8) is 0 Å². The van der Waals surface area contributed by atoms with Gasteiger partial charge in [-0.15, -0.1) is 23.4 Å². The van der Waals surface area contributed by atoms with Gasteiger partial charge in [-0.2, -0.15) is 0 Å². The maximum Gasteiger partial charge on any atom is 0.134 e. The molecule has 1 unspecified atom stereocenters. The monoisotopic (exact) mass is 166 g/mol. The van der Waals surface area contributed by atoms with Crippen LogP contribution >= 0.6 is 23.4 Å². The third kappa shape index (κ3) is 4.79. The molecule has 0 heterocycles. The summed E-state index contributed by atoms with van der Waals surface area (Å²) in [5.41, 5.74) is 0. The van der Waals surface area contributed by atoms with Gasteiger partial charge in [0.1, 0.15) is 6.29 Å². The molecule has 1 atom stereocenters. The van der Waals surface area contributed by atoms with Crippen molar-refractivity contribution in [2.45, 2.75) is 24.3 Å². The lowest BCUT2D eigenvalue weighted by atomic mass is 10.5. The highest BCUT2D eigenvalue weighted by Crippen LogP contribution is 2.15. The number of carbonyl (C=O) groups excluding carboxylic acids is 1. The van der Waals surface area contributed by atoms with Crippen LogP contribution in [0.25, 0.3) is 0 Å². The Labute approximate surface area is 65.2 Å². The van der Waals surface area contributed by atoms with E-state index in [0.29, 0.717) is 11.1 Å². The predicted octanol–water partition coefficient (Wildman–Crippen LogP) is 1.93. The van der Waals surface area contributed by atoms with E-state index in [0.717, 1.165) is 6.29 Å². The number of hydrogen-bond acceptors (Lipinski definition) is 2. The van der Waals surface area contributed by atoms with Crippen molar-refractivity contribution in [1.29, 1.82) is 0 Å². The van der Waals surface area contributed by atoms with Gasteiger partial charge in [-0.05, 0) is 5.25 Å². The van der Waals surface area contributed by atoms with E-state index in [4.69, 9.17) is 11.6 Å². The van der Waals surface area contributed by atoms with Gasteiger partial charge >= 0.3 is 0 Å². The molecule has 0 rings (SSSR count). The molecule has 0 aliphatic rings. The van der Waals surface area contributed by atoms with Crippen LogP contribution in [0.15, 0.2) is 0 Å². The summed E-state index contributed by atoms with van der Waals surface area (Å²) < 4.78 is 0. The lowest BCUT2D eigenvalue weighted by Gasteiger charge is -2.07. The van der Waals surface area contributed by atoms with E-state index in [2.05, 4.69) is 0 Å². The average Bonchev–Trinajstić information content (AvgIpc) is 1.82. The van der Waals surface area contributed by atoms with Crippen molar-refractivity contribution in [1.82, 2.24) is 0 Å². The molecule has 9 heavy (non-hydrogen) atoms. The summed E-state index contributed by atoms with van der Waals surface area (Å²) in [5, 5.41) is 0.464. The Bertz CT molecular complexity index is 85.1. The number of carbonyl (C=O) groups is 1. The fourth-order valence-electron chi connectivity index (χ4n) is 0.454. The maximum absolute atomic E-state index is 10.2. The first kappa shape index (κ1) is 9.31. The molecule has 0 saturated carbocycles. The first-order chi connectivity index (χ1) is 4.20. The summed E-state index contributed by atoms with van der Waals surface area (Å²) in [6, 6.07) is 0. The second-order valence-electron chi connectivity index (χ2n) is 2.01. The lowest BCUT2D eigenvalue weighted by molar-refractivity contribution is -0.107. The first-order valence-corrected chi connectivity index (χ1v) is 4.35. The molecule has 0 aromatic heterocycles. The van der Waals surface area contributed by atoms with Crippen LogP contribution in [0.4, 0.5) is 0 Å². The van der Waals surface area contributed by atoms with Crippen molar-refractivity contribution in [3.8, 4) is 0 Å². The molecule has 0 radical (unpaired) electrons. The zero-order chi connectivity index (χ0) is 7.28. The fraction of sp³-hybridized carbons (Fsp3) is 0.833. The Morgan fingerprint density at radius 2 is 2.22 bits per heavy atom. The molecular formula is C6H11ClOS. The van der Waals surface area contributed by atoms with Gasteiger partial charge in [0.15, 0.2) is 0 Å². The molecule has 1 nitrogen and oxygen atoms in total. The lowest BCUT2D eigenvalue weighted by Crippen LogP contribution is -2.09. The molecule has 0 fully saturated rings. The number of halogens is 1. The van der Waals surface area contributed by atoms with Gasteiger partial charge in [-0.3, -0.25) is 0 Å². The molecular weight excluding hydrogens is 156 g/mol. The Morgan fingerprint density at radius 3 is 2.33 bits per heavy atom. The molecule has 0 aromatic rings. The van der Waals surface area contributed by atoms with Crippen LogP contribution < -0.4 is 0 Å². The standard InChI is InChI=1S/C6H11ClOS/c1-5(2)9-6(3-7)4-8/h4-6H,3H2,1-2H3. The number of hydrogen-bond donors (Lipinski definition) is 0. The minimum absolute atomic E-state index is 0.0216. The normalized spacial score (nSPS) is 13.8. The average molecular weight is 167 g/mol. The smallest absolute Gasteiger partial charge is 0.134 e.